The van der Waals surface area contributed by atoms with Crippen LogP contribution in [0.2, 0.25) is 0 Å². The van der Waals surface area contributed by atoms with E-state index >= 15 is 0 Å². The minimum absolute atomic E-state index is 0.210. The van der Waals surface area contributed by atoms with Crippen molar-refractivity contribution in [1.29, 1.82) is 0 Å². The minimum atomic E-state index is 0.210. The molecular formula is C27H30N2O. The van der Waals surface area contributed by atoms with Crippen molar-refractivity contribution in [2.24, 2.45) is 5.92 Å². The zero-order chi connectivity index (χ0) is 20.9. The van der Waals surface area contributed by atoms with Crippen LogP contribution in [0.3, 0.4) is 0 Å². The van der Waals surface area contributed by atoms with Gasteiger partial charge in [-0.3, -0.25) is 0 Å². The van der Waals surface area contributed by atoms with Gasteiger partial charge in [0.1, 0.15) is 18.2 Å². The SMILES string of the molecule is CC(C)Cc1ccc(C(C)c2nc3ccccc3n2CCOc2ccccc2)cc1. The van der Waals surface area contributed by atoms with E-state index in [9.17, 15) is 0 Å². The molecule has 0 N–H and O–H groups in total. The third kappa shape index (κ3) is 4.56. The Kier molecular flexibility index (Phi) is 6.18. The highest BCUT2D eigenvalue weighted by Crippen LogP contribution is 2.28. The van der Waals surface area contributed by atoms with Crippen LogP contribution in [0.4, 0.5) is 0 Å². The van der Waals surface area contributed by atoms with E-state index in [2.05, 4.69) is 73.9 Å². The predicted molar refractivity (Wildman–Crippen MR) is 124 cm³/mol. The molecule has 0 saturated heterocycles. The normalized spacial score (nSPS) is 12.4. The van der Waals surface area contributed by atoms with E-state index in [1.807, 2.05) is 30.3 Å². The van der Waals surface area contributed by atoms with Crippen molar-refractivity contribution in [1.82, 2.24) is 9.55 Å². The first-order chi connectivity index (χ1) is 14.6. The van der Waals surface area contributed by atoms with Crippen LogP contribution in [0.15, 0.2) is 78.9 Å². The van der Waals surface area contributed by atoms with Gasteiger partial charge in [0.05, 0.1) is 17.6 Å². The number of fused-ring (bicyclic) bond motifs is 1. The lowest BCUT2D eigenvalue weighted by Gasteiger charge is -2.16. The number of para-hydroxylation sites is 3. The average molecular weight is 399 g/mol. The summed E-state index contributed by atoms with van der Waals surface area (Å²) < 4.78 is 8.28. The Morgan fingerprint density at radius 1 is 0.833 bits per heavy atom. The molecule has 0 saturated carbocycles. The lowest BCUT2D eigenvalue weighted by molar-refractivity contribution is 0.298. The Bertz CT molecular complexity index is 1080. The van der Waals surface area contributed by atoms with Gasteiger partial charge in [0, 0.05) is 5.92 Å². The summed E-state index contributed by atoms with van der Waals surface area (Å²) in [6.45, 7) is 8.14. The lowest BCUT2D eigenvalue weighted by Crippen LogP contribution is -2.13. The quantitative estimate of drug-likeness (QED) is 0.340. The van der Waals surface area contributed by atoms with Gasteiger partial charge in [0.2, 0.25) is 0 Å². The van der Waals surface area contributed by atoms with Crippen LogP contribution >= 0.6 is 0 Å². The van der Waals surface area contributed by atoms with Gasteiger partial charge >= 0.3 is 0 Å². The van der Waals surface area contributed by atoms with Crippen LogP contribution in [-0.2, 0) is 13.0 Å². The molecule has 0 amide bonds. The Morgan fingerprint density at radius 2 is 1.53 bits per heavy atom. The second kappa shape index (κ2) is 9.17. The van der Waals surface area contributed by atoms with Gasteiger partial charge in [-0.05, 0) is 47.7 Å². The maximum absolute atomic E-state index is 5.97. The summed E-state index contributed by atoms with van der Waals surface area (Å²) in [5, 5.41) is 0. The third-order valence-electron chi connectivity index (χ3n) is 5.52. The van der Waals surface area contributed by atoms with Gasteiger partial charge in [-0.1, -0.05) is 75.4 Å². The molecule has 0 aliphatic rings. The molecule has 154 valence electrons. The molecule has 0 radical (unpaired) electrons. The van der Waals surface area contributed by atoms with E-state index < -0.39 is 0 Å². The summed E-state index contributed by atoms with van der Waals surface area (Å²) in [7, 11) is 0. The molecule has 1 heterocycles. The first kappa shape index (κ1) is 20.2. The van der Waals surface area contributed by atoms with Gasteiger partial charge in [0.15, 0.2) is 0 Å². The number of ether oxygens (including phenoxy) is 1. The fourth-order valence-electron chi connectivity index (χ4n) is 3.99. The number of hydrogen-bond donors (Lipinski definition) is 0. The van der Waals surface area contributed by atoms with Gasteiger partial charge in [-0.15, -0.1) is 0 Å². The van der Waals surface area contributed by atoms with Crippen LogP contribution in [0.5, 0.6) is 5.75 Å². The monoisotopic (exact) mass is 398 g/mol. The minimum Gasteiger partial charge on any atom is -0.492 e. The fraction of sp³-hybridized carbons (Fsp3) is 0.296. The molecule has 30 heavy (non-hydrogen) atoms. The number of benzene rings is 3. The summed E-state index contributed by atoms with van der Waals surface area (Å²) in [4.78, 5) is 4.99. The highest BCUT2D eigenvalue weighted by molar-refractivity contribution is 5.76. The lowest BCUT2D eigenvalue weighted by atomic mass is 9.96. The van der Waals surface area contributed by atoms with Crippen molar-refractivity contribution >= 4 is 11.0 Å². The molecule has 0 bridgehead atoms. The van der Waals surface area contributed by atoms with E-state index in [0.29, 0.717) is 12.5 Å². The first-order valence-electron chi connectivity index (χ1n) is 10.8. The summed E-state index contributed by atoms with van der Waals surface area (Å²) in [5.74, 6) is 2.87. The van der Waals surface area contributed by atoms with E-state index in [4.69, 9.17) is 9.72 Å². The van der Waals surface area contributed by atoms with Crippen molar-refractivity contribution in [2.75, 3.05) is 6.61 Å². The molecule has 0 aliphatic heterocycles. The second-order valence-corrected chi connectivity index (χ2v) is 8.33. The van der Waals surface area contributed by atoms with Crippen molar-refractivity contribution in [3.8, 4) is 5.75 Å². The van der Waals surface area contributed by atoms with Crippen molar-refractivity contribution in [3.63, 3.8) is 0 Å². The zero-order valence-corrected chi connectivity index (χ0v) is 18.1. The van der Waals surface area contributed by atoms with Crippen LogP contribution in [0.25, 0.3) is 11.0 Å². The Labute approximate surface area is 179 Å². The smallest absolute Gasteiger partial charge is 0.119 e. The van der Waals surface area contributed by atoms with Gasteiger partial charge < -0.3 is 9.30 Å². The van der Waals surface area contributed by atoms with Crippen LogP contribution in [0, 0.1) is 5.92 Å². The number of aromatic nitrogens is 2. The van der Waals surface area contributed by atoms with Crippen molar-refractivity contribution in [2.45, 2.75) is 39.7 Å². The van der Waals surface area contributed by atoms with Crippen LogP contribution < -0.4 is 4.74 Å². The summed E-state index contributed by atoms with van der Waals surface area (Å²) in [6.07, 6.45) is 1.12. The van der Waals surface area contributed by atoms with Crippen molar-refractivity contribution < 1.29 is 4.74 Å². The Hall–Kier alpha value is -3.07. The number of nitrogens with zero attached hydrogens (tertiary/aromatic N) is 2. The molecule has 3 nitrogen and oxygen atoms in total. The highest BCUT2D eigenvalue weighted by atomic mass is 16.5. The summed E-state index contributed by atoms with van der Waals surface area (Å²) in [5.41, 5.74) is 4.89. The molecule has 0 fully saturated rings. The number of rotatable bonds is 8. The second-order valence-electron chi connectivity index (χ2n) is 8.33. The van der Waals surface area contributed by atoms with E-state index in [0.717, 1.165) is 35.6 Å². The molecule has 4 rings (SSSR count). The maximum Gasteiger partial charge on any atom is 0.119 e. The van der Waals surface area contributed by atoms with Gasteiger partial charge in [-0.25, -0.2) is 4.98 Å². The first-order valence-corrected chi connectivity index (χ1v) is 10.8. The average Bonchev–Trinajstić information content (AvgIpc) is 3.13. The van der Waals surface area contributed by atoms with Crippen LogP contribution in [-0.4, -0.2) is 16.2 Å². The molecule has 1 aromatic heterocycles. The molecule has 1 unspecified atom stereocenters. The molecule has 3 aromatic carbocycles. The van der Waals surface area contributed by atoms with E-state index in [1.54, 1.807) is 0 Å². The Morgan fingerprint density at radius 3 is 2.27 bits per heavy atom. The van der Waals surface area contributed by atoms with Gasteiger partial charge in [0.25, 0.3) is 0 Å². The third-order valence-corrected chi connectivity index (χ3v) is 5.52. The summed E-state index contributed by atoms with van der Waals surface area (Å²) >= 11 is 0. The fourth-order valence-corrected chi connectivity index (χ4v) is 3.99. The zero-order valence-electron chi connectivity index (χ0n) is 18.1. The van der Waals surface area contributed by atoms with E-state index in [1.165, 1.54) is 11.1 Å². The highest BCUT2D eigenvalue weighted by Gasteiger charge is 2.18. The number of imidazole rings is 1. The van der Waals surface area contributed by atoms with Gasteiger partial charge in [-0.2, -0.15) is 0 Å². The molecular weight excluding hydrogens is 368 g/mol. The molecule has 1 atom stereocenters. The van der Waals surface area contributed by atoms with E-state index in [-0.39, 0.29) is 5.92 Å². The topological polar surface area (TPSA) is 27.1 Å². The van der Waals surface area contributed by atoms with Crippen LogP contribution in [0.1, 0.15) is 43.6 Å². The standard InChI is InChI=1S/C27H30N2O/c1-20(2)19-22-13-15-23(16-14-22)21(3)27-28-25-11-7-8-12-26(25)29(27)17-18-30-24-9-5-4-6-10-24/h4-16,20-21H,17-19H2,1-3H3. The molecule has 3 heteroatoms. The largest absolute Gasteiger partial charge is 0.492 e. The van der Waals surface area contributed by atoms with Crippen molar-refractivity contribution in [3.05, 3.63) is 95.8 Å². The molecule has 0 spiro atoms. The Balaban J connectivity index is 1.58. The molecule has 0 aliphatic carbocycles. The molecule has 4 aromatic rings. The maximum atomic E-state index is 5.97. The predicted octanol–water partition coefficient (Wildman–Crippen LogP) is 6.47. The number of hydrogen-bond acceptors (Lipinski definition) is 2. The summed E-state index contributed by atoms with van der Waals surface area (Å²) in [6, 6.07) is 27.4.